The lowest BCUT2D eigenvalue weighted by molar-refractivity contribution is -0.137. The van der Waals surface area contributed by atoms with E-state index in [4.69, 9.17) is 0 Å². The Morgan fingerprint density at radius 1 is 1.53 bits per heavy atom. The molecule has 0 N–H and O–H groups in total. The maximum atomic E-state index is 11.6. The van der Waals surface area contributed by atoms with Gasteiger partial charge in [-0.2, -0.15) is 5.10 Å². The molecule has 1 rings (SSSR count). The number of nitrogens with zero attached hydrogens (tertiary/aromatic N) is 2. The summed E-state index contributed by atoms with van der Waals surface area (Å²) < 4.78 is 6.58. The summed E-state index contributed by atoms with van der Waals surface area (Å²) in [5, 5.41) is 3.94. The summed E-state index contributed by atoms with van der Waals surface area (Å²) in [6.07, 6.45) is 1.48. The molecule has 5 nitrogen and oxygen atoms in total. The Hall–Kier alpha value is -1.17. The van der Waals surface area contributed by atoms with Crippen molar-refractivity contribution in [2.75, 3.05) is 6.61 Å². The normalized spacial score (nSPS) is 10.1. The van der Waals surface area contributed by atoms with Gasteiger partial charge in [0.1, 0.15) is 5.69 Å². The SMILES string of the molecule is CCOC(=O)C(=O)c1c(Br)cnn1CC. The molecule has 0 amide bonds. The maximum Gasteiger partial charge on any atom is 0.381 e. The van der Waals surface area contributed by atoms with Crippen LogP contribution in [0.1, 0.15) is 24.3 Å². The third kappa shape index (κ3) is 2.44. The predicted octanol–water partition coefficient (Wildman–Crippen LogP) is 1.41. The van der Waals surface area contributed by atoms with Crippen LogP contribution in [0.3, 0.4) is 0 Å². The van der Waals surface area contributed by atoms with Crippen LogP contribution in [0.15, 0.2) is 10.7 Å². The number of esters is 1. The topological polar surface area (TPSA) is 61.2 Å². The highest BCUT2D eigenvalue weighted by Gasteiger charge is 2.24. The number of carbonyl (C=O) groups is 2. The Morgan fingerprint density at radius 2 is 2.20 bits per heavy atom. The summed E-state index contributed by atoms with van der Waals surface area (Å²) >= 11 is 3.17. The molecule has 0 aromatic carbocycles. The largest absolute Gasteiger partial charge is 0.460 e. The highest BCUT2D eigenvalue weighted by molar-refractivity contribution is 9.10. The van der Waals surface area contributed by atoms with Gasteiger partial charge in [0.05, 0.1) is 17.3 Å². The second-order valence-corrected chi connectivity index (χ2v) is 3.56. The Morgan fingerprint density at radius 3 is 2.73 bits per heavy atom. The van der Waals surface area contributed by atoms with Crippen LogP contribution < -0.4 is 0 Å². The van der Waals surface area contributed by atoms with Crippen LogP contribution in [0.4, 0.5) is 0 Å². The van der Waals surface area contributed by atoms with E-state index in [9.17, 15) is 9.59 Å². The number of hydrogen-bond donors (Lipinski definition) is 0. The summed E-state index contributed by atoms with van der Waals surface area (Å²) in [5.41, 5.74) is 0.232. The van der Waals surface area contributed by atoms with E-state index in [1.807, 2.05) is 6.92 Å². The van der Waals surface area contributed by atoms with Gasteiger partial charge in [0.15, 0.2) is 0 Å². The molecule has 0 saturated heterocycles. The molecule has 0 aliphatic carbocycles. The fraction of sp³-hybridized carbons (Fsp3) is 0.444. The van der Waals surface area contributed by atoms with E-state index in [-0.39, 0.29) is 12.3 Å². The molecule has 0 saturated carbocycles. The molecule has 0 aliphatic rings. The van der Waals surface area contributed by atoms with Gasteiger partial charge in [-0.05, 0) is 29.8 Å². The highest BCUT2D eigenvalue weighted by atomic mass is 79.9. The first-order chi connectivity index (χ1) is 7.11. The molecule has 0 bridgehead atoms. The van der Waals surface area contributed by atoms with Gasteiger partial charge in [-0.25, -0.2) is 4.79 Å². The third-order valence-corrected chi connectivity index (χ3v) is 2.35. The van der Waals surface area contributed by atoms with Crippen molar-refractivity contribution >= 4 is 27.7 Å². The van der Waals surface area contributed by atoms with Crippen LogP contribution in [0.2, 0.25) is 0 Å². The number of aromatic nitrogens is 2. The number of Topliss-reactive ketones (excluding diaryl/α,β-unsaturated/α-hetero) is 1. The smallest absolute Gasteiger partial charge is 0.381 e. The first-order valence-corrected chi connectivity index (χ1v) is 5.33. The molecule has 0 fully saturated rings. The van der Waals surface area contributed by atoms with Gasteiger partial charge >= 0.3 is 5.97 Å². The number of rotatable bonds is 4. The molecule has 6 heteroatoms. The monoisotopic (exact) mass is 274 g/mol. The quantitative estimate of drug-likeness (QED) is 0.473. The molecule has 1 heterocycles. The van der Waals surface area contributed by atoms with Crippen molar-refractivity contribution in [1.29, 1.82) is 0 Å². The molecule has 82 valence electrons. The number of aryl methyl sites for hydroxylation is 1. The van der Waals surface area contributed by atoms with Crippen molar-refractivity contribution in [2.45, 2.75) is 20.4 Å². The summed E-state index contributed by atoms with van der Waals surface area (Å²) in [7, 11) is 0. The minimum Gasteiger partial charge on any atom is -0.460 e. The van der Waals surface area contributed by atoms with E-state index in [1.165, 1.54) is 10.9 Å². The van der Waals surface area contributed by atoms with E-state index in [0.717, 1.165) is 0 Å². The lowest BCUT2D eigenvalue weighted by Crippen LogP contribution is -2.21. The van der Waals surface area contributed by atoms with Crippen molar-refractivity contribution < 1.29 is 14.3 Å². The van der Waals surface area contributed by atoms with Crippen LogP contribution in [-0.2, 0) is 16.1 Å². The standard InChI is InChI=1S/C9H11BrN2O3/c1-3-12-7(6(10)5-11-12)8(13)9(14)15-4-2/h5H,3-4H2,1-2H3. The number of hydrogen-bond acceptors (Lipinski definition) is 4. The minimum absolute atomic E-state index is 0.183. The average molecular weight is 275 g/mol. The van der Waals surface area contributed by atoms with Crippen molar-refractivity contribution in [3.8, 4) is 0 Å². The lowest BCUT2D eigenvalue weighted by Gasteiger charge is -2.03. The first-order valence-electron chi connectivity index (χ1n) is 4.54. The Labute approximate surface area is 95.5 Å². The molecule has 1 aromatic rings. The molecule has 0 atom stereocenters. The average Bonchev–Trinajstić information content (AvgIpc) is 2.58. The van der Waals surface area contributed by atoms with Crippen LogP contribution in [0.25, 0.3) is 0 Å². The molecule has 0 unspecified atom stereocenters. The van der Waals surface area contributed by atoms with E-state index in [2.05, 4.69) is 25.8 Å². The molecule has 1 aromatic heterocycles. The number of ketones is 1. The molecule has 0 radical (unpaired) electrons. The number of carbonyl (C=O) groups excluding carboxylic acids is 2. The van der Waals surface area contributed by atoms with E-state index in [0.29, 0.717) is 11.0 Å². The van der Waals surface area contributed by atoms with Gasteiger partial charge in [-0.1, -0.05) is 0 Å². The minimum atomic E-state index is -0.853. The zero-order chi connectivity index (χ0) is 11.4. The fourth-order valence-corrected chi connectivity index (χ4v) is 1.60. The summed E-state index contributed by atoms with van der Waals surface area (Å²) in [6, 6.07) is 0. The summed E-state index contributed by atoms with van der Waals surface area (Å²) in [5.74, 6) is -1.53. The predicted molar refractivity (Wildman–Crippen MR) is 56.6 cm³/mol. The van der Waals surface area contributed by atoms with Gasteiger partial charge in [0, 0.05) is 6.54 Å². The first kappa shape index (κ1) is 11.9. The summed E-state index contributed by atoms with van der Waals surface area (Å²) in [6.45, 7) is 4.19. The van der Waals surface area contributed by atoms with Gasteiger partial charge in [-0.3, -0.25) is 9.48 Å². The van der Waals surface area contributed by atoms with E-state index < -0.39 is 11.8 Å². The van der Waals surface area contributed by atoms with E-state index in [1.54, 1.807) is 6.92 Å². The van der Waals surface area contributed by atoms with Crippen LogP contribution in [0.5, 0.6) is 0 Å². The molecule has 15 heavy (non-hydrogen) atoms. The highest BCUT2D eigenvalue weighted by Crippen LogP contribution is 2.16. The van der Waals surface area contributed by atoms with Crippen molar-refractivity contribution in [2.24, 2.45) is 0 Å². The van der Waals surface area contributed by atoms with Gasteiger partial charge < -0.3 is 4.74 Å². The van der Waals surface area contributed by atoms with Crippen LogP contribution in [0, 0.1) is 0 Å². The zero-order valence-corrected chi connectivity index (χ0v) is 10.1. The van der Waals surface area contributed by atoms with Gasteiger partial charge in [-0.15, -0.1) is 0 Å². The second-order valence-electron chi connectivity index (χ2n) is 2.71. The number of ether oxygens (including phenoxy) is 1. The molecular formula is C9H11BrN2O3. The molecule has 0 aliphatic heterocycles. The van der Waals surface area contributed by atoms with Gasteiger partial charge in [0.25, 0.3) is 5.78 Å². The Bertz CT molecular complexity index is 387. The number of halogens is 1. The molecule has 0 spiro atoms. The second kappa shape index (κ2) is 5.06. The zero-order valence-electron chi connectivity index (χ0n) is 8.49. The fourth-order valence-electron chi connectivity index (χ4n) is 1.12. The van der Waals surface area contributed by atoms with E-state index >= 15 is 0 Å². The third-order valence-electron chi connectivity index (χ3n) is 1.77. The Balaban J connectivity index is 2.99. The van der Waals surface area contributed by atoms with Crippen molar-refractivity contribution in [3.05, 3.63) is 16.4 Å². The lowest BCUT2D eigenvalue weighted by atomic mass is 10.3. The maximum absolute atomic E-state index is 11.6. The Kier molecular flexibility index (Phi) is 4.02. The molecular weight excluding hydrogens is 264 g/mol. The van der Waals surface area contributed by atoms with Crippen LogP contribution >= 0.6 is 15.9 Å². The van der Waals surface area contributed by atoms with Crippen LogP contribution in [-0.4, -0.2) is 28.1 Å². The van der Waals surface area contributed by atoms with Crippen molar-refractivity contribution in [1.82, 2.24) is 9.78 Å². The summed E-state index contributed by atoms with van der Waals surface area (Å²) in [4.78, 5) is 22.9. The van der Waals surface area contributed by atoms with Gasteiger partial charge in [0.2, 0.25) is 0 Å². The van der Waals surface area contributed by atoms with Crippen molar-refractivity contribution in [3.63, 3.8) is 0 Å².